The highest BCUT2D eigenvalue weighted by Crippen LogP contribution is 2.19. The first-order chi connectivity index (χ1) is 13.8. The molecule has 3 rings (SSSR count). The van der Waals surface area contributed by atoms with E-state index in [2.05, 4.69) is 0 Å². The van der Waals surface area contributed by atoms with Crippen molar-refractivity contribution >= 4 is 39.7 Å². The van der Waals surface area contributed by atoms with Crippen molar-refractivity contribution in [3.63, 3.8) is 0 Å². The molecular formula is C21H21N3O5. The van der Waals surface area contributed by atoms with Crippen LogP contribution in [0.4, 0.5) is 4.79 Å². The second kappa shape index (κ2) is 8.14. The summed E-state index contributed by atoms with van der Waals surface area (Å²) in [5.41, 5.74) is 6.01. The van der Waals surface area contributed by atoms with E-state index in [0.29, 0.717) is 21.8 Å². The molecule has 0 spiro atoms. The summed E-state index contributed by atoms with van der Waals surface area (Å²) in [4.78, 5) is 48.5. The number of imide groups is 1. The molecule has 8 heteroatoms. The third-order valence-corrected chi connectivity index (χ3v) is 4.53. The predicted octanol–water partition coefficient (Wildman–Crippen LogP) is 1.92. The Kier molecular flexibility index (Phi) is 5.63. The molecular weight excluding hydrogens is 374 g/mol. The van der Waals surface area contributed by atoms with Crippen LogP contribution in [0.3, 0.4) is 0 Å². The molecule has 0 aliphatic rings. The molecule has 0 saturated carbocycles. The van der Waals surface area contributed by atoms with Crippen molar-refractivity contribution in [2.24, 2.45) is 11.7 Å². The molecule has 1 heterocycles. The number of benzene rings is 2. The fraction of sp³-hybridized carbons (Fsp3) is 0.238. The van der Waals surface area contributed by atoms with E-state index in [9.17, 15) is 19.2 Å². The van der Waals surface area contributed by atoms with Crippen LogP contribution in [0.5, 0.6) is 0 Å². The van der Waals surface area contributed by atoms with Gasteiger partial charge in [0.05, 0.1) is 11.0 Å². The Morgan fingerprint density at radius 3 is 2.00 bits per heavy atom. The summed E-state index contributed by atoms with van der Waals surface area (Å²) < 4.78 is 7.03. The highest BCUT2D eigenvalue weighted by atomic mass is 16.5. The van der Waals surface area contributed by atoms with Crippen LogP contribution >= 0.6 is 0 Å². The number of rotatable bonds is 5. The van der Waals surface area contributed by atoms with Crippen molar-refractivity contribution in [3.05, 3.63) is 58.8 Å². The fourth-order valence-corrected chi connectivity index (χ4v) is 3.24. The monoisotopic (exact) mass is 395 g/mol. The van der Waals surface area contributed by atoms with Gasteiger partial charge in [-0.2, -0.15) is 0 Å². The summed E-state index contributed by atoms with van der Waals surface area (Å²) in [6, 6.07) is 12.9. The van der Waals surface area contributed by atoms with Crippen LogP contribution in [-0.2, 0) is 20.9 Å². The number of nitrogens with one attached hydrogen (secondary N) is 1. The molecule has 1 unspecified atom stereocenters. The summed E-state index contributed by atoms with van der Waals surface area (Å²) in [6.07, 6.45) is -1.17. The van der Waals surface area contributed by atoms with Gasteiger partial charge in [0.1, 0.15) is 6.54 Å². The van der Waals surface area contributed by atoms with Crippen molar-refractivity contribution in [3.8, 4) is 0 Å². The van der Waals surface area contributed by atoms with Crippen LogP contribution < -0.4 is 16.5 Å². The maximum absolute atomic E-state index is 12.8. The number of ether oxygens (including phenoxy) is 1. The molecule has 0 saturated heterocycles. The second-order valence-electron chi connectivity index (χ2n) is 6.96. The zero-order valence-electron chi connectivity index (χ0n) is 16.0. The van der Waals surface area contributed by atoms with Crippen molar-refractivity contribution in [1.82, 2.24) is 9.88 Å². The van der Waals surface area contributed by atoms with Gasteiger partial charge >= 0.3 is 12.0 Å². The SMILES string of the molecule is CC(C)C(OC(=O)Cn1c2ccccc2c(=O)c2ccccc21)C(=O)NC(N)=O. The number of carbonyl (C=O) groups excluding carboxylic acids is 3. The summed E-state index contributed by atoms with van der Waals surface area (Å²) >= 11 is 0. The Morgan fingerprint density at radius 2 is 1.52 bits per heavy atom. The number of primary amides is 1. The number of para-hydroxylation sites is 2. The summed E-state index contributed by atoms with van der Waals surface area (Å²) in [5.74, 6) is -1.83. The molecule has 0 aliphatic heterocycles. The van der Waals surface area contributed by atoms with E-state index in [0.717, 1.165) is 0 Å². The molecule has 0 fully saturated rings. The van der Waals surface area contributed by atoms with Gasteiger partial charge in [-0.05, 0) is 30.2 Å². The van der Waals surface area contributed by atoms with Gasteiger partial charge in [0.25, 0.3) is 5.91 Å². The lowest BCUT2D eigenvalue weighted by Gasteiger charge is -2.21. The number of amides is 3. The van der Waals surface area contributed by atoms with Gasteiger partial charge in [0.2, 0.25) is 0 Å². The van der Waals surface area contributed by atoms with Gasteiger partial charge < -0.3 is 15.0 Å². The maximum atomic E-state index is 12.8. The van der Waals surface area contributed by atoms with Gasteiger partial charge in [0, 0.05) is 10.8 Å². The topological polar surface area (TPSA) is 120 Å². The van der Waals surface area contributed by atoms with E-state index in [1.165, 1.54) is 0 Å². The van der Waals surface area contributed by atoms with Crippen molar-refractivity contribution in [2.75, 3.05) is 0 Å². The maximum Gasteiger partial charge on any atom is 0.326 e. The van der Waals surface area contributed by atoms with Gasteiger partial charge in [-0.1, -0.05) is 38.1 Å². The number of aromatic nitrogens is 1. The minimum Gasteiger partial charge on any atom is -0.451 e. The quantitative estimate of drug-likeness (QED) is 0.505. The number of hydrogen-bond donors (Lipinski definition) is 2. The number of esters is 1. The van der Waals surface area contributed by atoms with Gasteiger partial charge in [-0.3, -0.25) is 19.7 Å². The molecule has 29 heavy (non-hydrogen) atoms. The molecule has 0 bridgehead atoms. The molecule has 1 atom stereocenters. The first-order valence-electron chi connectivity index (χ1n) is 9.09. The summed E-state index contributed by atoms with van der Waals surface area (Å²) in [6.45, 7) is 3.15. The molecule has 3 amide bonds. The fourth-order valence-electron chi connectivity index (χ4n) is 3.24. The first-order valence-corrected chi connectivity index (χ1v) is 9.09. The average molecular weight is 395 g/mol. The van der Waals surface area contributed by atoms with Crippen LogP contribution in [0.15, 0.2) is 53.3 Å². The Morgan fingerprint density at radius 1 is 1.00 bits per heavy atom. The van der Waals surface area contributed by atoms with Crippen LogP contribution in [0.1, 0.15) is 13.8 Å². The van der Waals surface area contributed by atoms with E-state index in [-0.39, 0.29) is 17.9 Å². The van der Waals surface area contributed by atoms with Crippen LogP contribution in [0.2, 0.25) is 0 Å². The Hall–Kier alpha value is -3.68. The van der Waals surface area contributed by atoms with Gasteiger partial charge in [-0.15, -0.1) is 0 Å². The van der Waals surface area contributed by atoms with Crippen LogP contribution in [0.25, 0.3) is 21.8 Å². The zero-order valence-corrected chi connectivity index (χ0v) is 16.0. The Balaban J connectivity index is 1.99. The smallest absolute Gasteiger partial charge is 0.326 e. The Bertz CT molecular complexity index is 1110. The molecule has 150 valence electrons. The minimum atomic E-state index is -1.17. The predicted molar refractivity (Wildman–Crippen MR) is 108 cm³/mol. The lowest BCUT2D eigenvalue weighted by molar-refractivity contribution is -0.158. The summed E-state index contributed by atoms with van der Waals surface area (Å²) in [7, 11) is 0. The third kappa shape index (κ3) is 4.11. The van der Waals surface area contributed by atoms with Crippen molar-refractivity contribution < 1.29 is 19.1 Å². The molecule has 3 aromatic rings. The zero-order chi connectivity index (χ0) is 21.1. The first kappa shape index (κ1) is 20.1. The number of urea groups is 1. The molecule has 3 N–H and O–H groups in total. The largest absolute Gasteiger partial charge is 0.451 e. The van der Waals surface area contributed by atoms with E-state index < -0.39 is 24.0 Å². The molecule has 1 aromatic heterocycles. The third-order valence-electron chi connectivity index (χ3n) is 4.53. The number of pyridine rings is 1. The van der Waals surface area contributed by atoms with E-state index in [1.54, 1.807) is 66.9 Å². The number of fused-ring (bicyclic) bond motifs is 2. The lowest BCUT2D eigenvalue weighted by Crippen LogP contribution is -2.46. The van der Waals surface area contributed by atoms with Crippen LogP contribution in [0, 0.1) is 5.92 Å². The standard InChI is InChI=1S/C21H21N3O5/c1-12(2)19(20(27)23-21(22)28)29-17(25)11-24-15-9-5-3-7-13(15)18(26)14-8-4-6-10-16(14)24/h3-10,12,19H,11H2,1-2H3,(H3,22,23,27,28). The normalized spacial score (nSPS) is 12.1. The minimum absolute atomic E-state index is 0.123. The van der Waals surface area contributed by atoms with Crippen molar-refractivity contribution in [2.45, 2.75) is 26.5 Å². The van der Waals surface area contributed by atoms with Crippen LogP contribution in [-0.4, -0.2) is 28.6 Å². The molecule has 0 aliphatic carbocycles. The van der Waals surface area contributed by atoms with Gasteiger partial charge in [-0.25, -0.2) is 4.79 Å². The van der Waals surface area contributed by atoms with E-state index in [1.807, 2.05) is 5.32 Å². The van der Waals surface area contributed by atoms with Gasteiger partial charge in [0.15, 0.2) is 11.5 Å². The lowest BCUT2D eigenvalue weighted by atomic mass is 10.1. The number of hydrogen-bond acceptors (Lipinski definition) is 5. The highest BCUT2D eigenvalue weighted by molar-refractivity contribution is 5.97. The highest BCUT2D eigenvalue weighted by Gasteiger charge is 2.27. The Labute approximate surface area is 166 Å². The van der Waals surface area contributed by atoms with Crippen molar-refractivity contribution in [1.29, 1.82) is 0 Å². The van der Waals surface area contributed by atoms with E-state index >= 15 is 0 Å². The molecule has 2 aromatic carbocycles. The number of nitrogens with two attached hydrogens (primary N) is 1. The summed E-state index contributed by atoms with van der Waals surface area (Å²) in [5, 5.41) is 2.89. The second-order valence-corrected chi connectivity index (χ2v) is 6.96. The average Bonchev–Trinajstić information content (AvgIpc) is 2.68. The molecule has 8 nitrogen and oxygen atoms in total. The number of nitrogens with zero attached hydrogens (tertiary/aromatic N) is 1. The number of carbonyl (C=O) groups is 3. The van der Waals surface area contributed by atoms with E-state index in [4.69, 9.17) is 10.5 Å². The molecule has 0 radical (unpaired) electrons.